The molecule has 126 valence electrons. The van der Waals surface area contributed by atoms with E-state index < -0.39 is 8.32 Å². The highest BCUT2D eigenvalue weighted by Crippen LogP contribution is 2.37. The Morgan fingerprint density at radius 1 is 0.864 bits per heavy atom. The first-order chi connectivity index (χ1) is 9.90. The summed E-state index contributed by atoms with van der Waals surface area (Å²) in [5.41, 5.74) is 2.64. The fourth-order valence-corrected chi connectivity index (χ4v) is 3.16. The van der Waals surface area contributed by atoms with Crippen molar-refractivity contribution < 1.29 is 4.43 Å². The zero-order valence-electron chi connectivity index (χ0n) is 15.9. The molecular formula is C18H34N2OSi. The fraction of sp³-hybridized carbons (Fsp3) is 0.667. The van der Waals surface area contributed by atoms with E-state index in [1.807, 2.05) is 0 Å². The third-order valence-electron chi connectivity index (χ3n) is 4.20. The van der Waals surface area contributed by atoms with E-state index in [9.17, 15) is 0 Å². The molecule has 0 spiro atoms. The van der Waals surface area contributed by atoms with E-state index in [2.05, 4.69) is 90.1 Å². The van der Waals surface area contributed by atoms with E-state index in [1.165, 1.54) is 11.1 Å². The van der Waals surface area contributed by atoms with Crippen molar-refractivity contribution in [3.8, 4) is 5.75 Å². The Morgan fingerprint density at radius 3 is 1.59 bits per heavy atom. The van der Waals surface area contributed by atoms with Crippen molar-refractivity contribution in [1.29, 1.82) is 0 Å². The monoisotopic (exact) mass is 322 g/mol. The van der Waals surface area contributed by atoms with Crippen LogP contribution in [-0.4, -0.2) is 46.3 Å². The molecule has 0 N–H and O–H groups in total. The smallest absolute Gasteiger partial charge is 0.250 e. The molecule has 1 aromatic carbocycles. The third-order valence-corrected chi connectivity index (χ3v) is 8.56. The van der Waals surface area contributed by atoms with Crippen molar-refractivity contribution >= 4 is 8.32 Å². The van der Waals surface area contributed by atoms with Crippen molar-refractivity contribution in [3.63, 3.8) is 0 Å². The van der Waals surface area contributed by atoms with E-state index in [-0.39, 0.29) is 5.04 Å². The summed E-state index contributed by atoms with van der Waals surface area (Å²) in [4.78, 5) is 4.40. The Hall–Kier alpha value is -0.843. The molecule has 0 unspecified atom stereocenters. The van der Waals surface area contributed by atoms with Gasteiger partial charge in [0.25, 0.3) is 0 Å². The molecule has 0 aliphatic carbocycles. The molecule has 1 aromatic rings. The average Bonchev–Trinajstić information content (AvgIpc) is 2.23. The summed E-state index contributed by atoms with van der Waals surface area (Å²) in [6.45, 7) is 13.3. The summed E-state index contributed by atoms with van der Waals surface area (Å²) in [6.07, 6.45) is 0. The molecule has 1 rings (SSSR count). The van der Waals surface area contributed by atoms with Gasteiger partial charge in [-0.2, -0.15) is 0 Å². The zero-order valence-corrected chi connectivity index (χ0v) is 16.9. The van der Waals surface area contributed by atoms with Gasteiger partial charge in [0, 0.05) is 13.1 Å². The molecule has 0 aliphatic rings. The van der Waals surface area contributed by atoms with Crippen molar-refractivity contribution in [2.45, 2.75) is 52.0 Å². The van der Waals surface area contributed by atoms with Gasteiger partial charge < -0.3 is 14.2 Å². The van der Waals surface area contributed by atoms with E-state index in [1.54, 1.807) is 0 Å². The minimum Gasteiger partial charge on any atom is -0.543 e. The van der Waals surface area contributed by atoms with Crippen molar-refractivity contribution in [1.82, 2.24) is 9.80 Å². The van der Waals surface area contributed by atoms with Crippen LogP contribution in [0.15, 0.2) is 18.2 Å². The molecular weight excluding hydrogens is 288 g/mol. The molecule has 0 atom stereocenters. The first-order valence-electron chi connectivity index (χ1n) is 8.02. The van der Waals surface area contributed by atoms with Gasteiger partial charge in [-0.1, -0.05) is 26.8 Å². The van der Waals surface area contributed by atoms with Gasteiger partial charge in [0.2, 0.25) is 8.32 Å². The molecule has 3 nitrogen and oxygen atoms in total. The molecule has 0 heterocycles. The van der Waals surface area contributed by atoms with Gasteiger partial charge >= 0.3 is 0 Å². The standard InChI is InChI=1S/C18H34N2OSi/c1-18(2,3)22(8,9)21-17-11-15(13-19(4)5)10-16(12-17)14-20(6)7/h10-12H,13-14H2,1-9H3. The lowest BCUT2D eigenvalue weighted by Gasteiger charge is -2.36. The van der Waals surface area contributed by atoms with Crippen LogP contribution in [0.5, 0.6) is 5.75 Å². The molecule has 0 bridgehead atoms. The molecule has 0 radical (unpaired) electrons. The average molecular weight is 323 g/mol. The highest BCUT2D eigenvalue weighted by atomic mass is 28.4. The SMILES string of the molecule is CN(C)Cc1cc(CN(C)C)cc(O[Si](C)(C)C(C)(C)C)c1. The lowest BCUT2D eigenvalue weighted by molar-refractivity contribution is 0.393. The first-order valence-corrected chi connectivity index (χ1v) is 10.9. The van der Waals surface area contributed by atoms with Crippen LogP contribution in [0, 0.1) is 0 Å². The second-order valence-electron chi connectivity index (χ2n) is 8.32. The normalized spacial score (nSPS) is 13.0. The Balaban J connectivity index is 3.12. The van der Waals surface area contributed by atoms with Gasteiger partial charge in [-0.25, -0.2) is 0 Å². The highest BCUT2D eigenvalue weighted by Gasteiger charge is 2.39. The number of hydrogen-bond donors (Lipinski definition) is 0. The predicted molar refractivity (Wildman–Crippen MR) is 99.0 cm³/mol. The molecule has 0 saturated heterocycles. The Morgan fingerprint density at radius 2 is 1.27 bits per heavy atom. The minimum atomic E-state index is -1.80. The lowest BCUT2D eigenvalue weighted by atomic mass is 10.1. The topological polar surface area (TPSA) is 15.7 Å². The maximum absolute atomic E-state index is 6.51. The van der Waals surface area contributed by atoms with Crippen molar-refractivity contribution in [2.75, 3.05) is 28.2 Å². The van der Waals surface area contributed by atoms with Crippen LogP contribution < -0.4 is 4.43 Å². The Bertz CT molecular complexity index is 462. The Labute approximate surface area is 138 Å². The van der Waals surface area contributed by atoms with Crippen molar-refractivity contribution in [3.05, 3.63) is 29.3 Å². The van der Waals surface area contributed by atoms with Gasteiger partial charge in [0.05, 0.1) is 0 Å². The van der Waals surface area contributed by atoms with E-state index in [4.69, 9.17) is 4.43 Å². The quantitative estimate of drug-likeness (QED) is 0.730. The van der Waals surface area contributed by atoms with Gasteiger partial charge in [0.15, 0.2) is 0 Å². The number of nitrogens with zero attached hydrogens (tertiary/aromatic N) is 2. The molecule has 0 amide bonds. The molecule has 0 saturated carbocycles. The predicted octanol–water partition coefficient (Wildman–Crippen LogP) is 4.19. The largest absolute Gasteiger partial charge is 0.543 e. The summed E-state index contributed by atoms with van der Waals surface area (Å²) in [6, 6.07) is 6.71. The van der Waals surface area contributed by atoms with Crippen LogP contribution in [0.4, 0.5) is 0 Å². The maximum Gasteiger partial charge on any atom is 0.250 e. The van der Waals surface area contributed by atoms with Gasteiger partial charge in [0.1, 0.15) is 5.75 Å². The maximum atomic E-state index is 6.51. The number of benzene rings is 1. The molecule has 0 aliphatic heterocycles. The molecule has 22 heavy (non-hydrogen) atoms. The first kappa shape index (κ1) is 19.2. The summed E-state index contributed by atoms with van der Waals surface area (Å²) in [5, 5.41) is 0.215. The summed E-state index contributed by atoms with van der Waals surface area (Å²) in [7, 11) is 6.62. The van der Waals surface area contributed by atoms with Gasteiger partial charge in [-0.15, -0.1) is 0 Å². The molecule has 0 fully saturated rings. The zero-order chi connectivity index (χ0) is 17.1. The summed E-state index contributed by atoms with van der Waals surface area (Å²) < 4.78 is 6.51. The van der Waals surface area contributed by atoms with Crippen molar-refractivity contribution in [2.24, 2.45) is 0 Å². The van der Waals surface area contributed by atoms with E-state index >= 15 is 0 Å². The molecule has 0 aromatic heterocycles. The second-order valence-corrected chi connectivity index (χ2v) is 13.0. The van der Waals surface area contributed by atoms with Crippen LogP contribution >= 0.6 is 0 Å². The van der Waals surface area contributed by atoms with Crippen LogP contribution in [-0.2, 0) is 13.1 Å². The van der Waals surface area contributed by atoms with E-state index in [0.717, 1.165) is 18.8 Å². The lowest BCUT2D eigenvalue weighted by Crippen LogP contribution is -2.43. The fourth-order valence-electron chi connectivity index (χ4n) is 2.15. The van der Waals surface area contributed by atoms with Crippen LogP contribution in [0.3, 0.4) is 0 Å². The van der Waals surface area contributed by atoms with Gasteiger partial charge in [-0.05, 0) is 69.6 Å². The summed E-state index contributed by atoms with van der Waals surface area (Å²) >= 11 is 0. The number of hydrogen-bond acceptors (Lipinski definition) is 3. The van der Waals surface area contributed by atoms with Crippen LogP contribution in [0.25, 0.3) is 0 Å². The second kappa shape index (κ2) is 7.15. The Kier molecular flexibility index (Phi) is 6.24. The van der Waals surface area contributed by atoms with E-state index in [0.29, 0.717) is 0 Å². The summed E-state index contributed by atoms with van der Waals surface area (Å²) in [5.74, 6) is 1.03. The van der Waals surface area contributed by atoms with Crippen LogP contribution in [0.2, 0.25) is 18.1 Å². The molecule has 4 heteroatoms. The van der Waals surface area contributed by atoms with Gasteiger partial charge in [-0.3, -0.25) is 0 Å². The third kappa shape index (κ3) is 5.74. The highest BCUT2D eigenvalue weighted by molar-refractivity contribution is 6.74. The number of rotatable bonds is 6. The van der Waals surface area contributed by atoms with Crippen LogP contribution in [0.1, 0.15) is 31.9 Å². The minimum absolute atomic E-state index is 0.215.